The molecule has 0 aromatic rings. The second kappa shape index (κ2) is 4.55. The molecule has 0 amide bonds. The molecule has 1 nitrogen and oxygen atoms in total. The zero-order valence-corrected chi connectivity index (χ0v) is 6.90. The lowest BCUT2D eigenvalue weighted by Crippen LogP contribution is -1.81. The third-order valence-electron chi connectivity index (χ3n) is 1.39. The second-order valence-corrected chi connectivity index (χ2v) is 2.55. The summed E-state index contributed by atoms with van der Waals surface area (Å²) in [5.41, 5.74) is 1.62. The number of allylic oxidation sites excluding steroid dienone is 6. The van der Waals surface area contributed by atoms with Crippen LogP contribution in [0.2, 0.25) is 0 Å². The standard InChI is InChI=1S/C10H10BN/c1-9-5-3-2-4-6-10(11)8-12-7-9/h2-5,7-8H,1,6H2/b4-2-,5-3-,10-8+,12-7?. The molecule has 1 aliphatic heterocycles. The van der Waals surface area contributed by atoms with Crippen LogP contribution in [0.3, 0.4) is 0 Å². The molecule has 0 aromatic heterocycles. The summed E-state index contributed by atoms with van der Waals surface area (Å²) in [7, 11) is 5.61. The van der Waals surface area contributed by atoms with Gasteiger partial charge in [-0.3, -0.25) is 4.99 Å². The van der Waals surface area contributed by atoms with Crippen LogP contribution in [-0.2, 0) is 0 Å². The van der Waals surface area contributed by atoms with Gasteiger partial charge in [-0.2, -0.15) is 0 Å². The van der Waals surface area contributed by atoms with E-state index in [1.165, 1.54) is 0 Å². The Kier molecular flexibility index (Phi) is 3.33. The van der Waals surface area contributed by atoms with Crippen molar-refractivity contribution in [3.05, 3.63) is 48.1 Å². The largest absolute Gasteiger partial charge is 0.265 e. The number of hydrogen-bond donors (Lipinski definition) is 0. The van der Waals surface area contributed by atoms with E-state index in [1.54, 1.807) is 12.4 Å². The van der Waals surface area contributed by atoms with Crippen LogP contribution in [0.4, 0.5) is 0 Å². The minimum atomic E-state index is 0.744. The lowest BCUT2D eigenvalue weighted by molar-refractivity contribution is 1.32. The van der Waals surface area contributed by atoms with E-state index in [-0.39, 0.29) is 0 Å². The summed E-state index contributed by atoms with van der Waals surface area (Å²) >= 11 is 0. The smallest absolute Gasteiger partial charge is 0.110 e. The van der Waals surface area contributed by atoms with Crippen molar-refractivity contribution in [3.63, 3.8) is 0 Å². The van der Waals surface area contributed by atoms with E-state index in [0.717, 1.165) is 17.5 Å². The highest BCUT2D eigenvalue weighted by molar-refractivity contribution is 6.21. The van der Waals surface area contributed by atoms with Gasteiger partial charge in [0.05, 0.1) is 0 Å². The Bertz CT molecular complexity index is 282. The summed E-state index contributed by atoms with van der Waals surface area (Å²) in [4.78, 5) is 4.00. The Morgan fingerprint density at radius 2 is 2.25 bits per heavy atom. The third-order valence-corrected chi connectivity index (χ3v) is 1.39. The summed E-state index contributed by atoms with van der Waals surface area (Å²) in [6.07, 6.45) is 11.8. The molecule has 2 radical (unpaired) electrons. The third kappa shape index (κ3) is 3.19. The monoisotopic (exact) mass is 155 g/mol. The molecule has 0 spiro atoms. The first-order valence-corrected chi connectivity index (χ1v) is 3.79. The van der Waals surface area contributed by atoms with Crippen molar-refractivity contribution in [3.8, 4) is 0 Å². The molecule has 0 fully saturated rings. The van der Waals surface area contributed by atoms with Gasteiger partial charge in [0.25, 0.3) is 0 Å². The Balaban J connectivity index is 2.79. The first-order chi connectivity index (χ1) is 5.79. The maximum atomic E-state index is 5.61. The van der Waals surface area contributed by atoms with Crippen molar-refractivity contribution in [2.45, 2.75) is 6.42 Å². The zero-order valence-electron chi connectivity index (χ0n) is 6.90. The summed E-state index contributed by atoms with van der Waals surface area (Å²) in [5, 5.41) is 0. The van der Waals surface area contributed by atoms with Gasteiger partial charge in [-0.25, -0.2) is 0 Å². The average molecular weight is 155 g/mol. The van der Waals surface area contributed by atoms with Crippen LogP contribution in [0.25, 0.3) is 0 Å². The molecule has 12 heavy (non-hydrogen) atoms. The van der Waals surface area contributed by atoms with Gasteiger partial charge in [0.1, 0.15) is 7.85 Å². The van der Waals surface area contributed by atoms with Crippen LogP contribution < -0.4 is 0 Å². The van der Waals surface area contributed by atoms with Crippen LogP contribution in [0, 0.1) is 0 Å². The number of hydrogen-bond acceptors (Lipinski definition) is 1. The van der Waals surface area contributed by atoms with E-state index in [1.807, 2.05) is 24.3 Å². The molecule has 0 atom stereocenters. The van der Waals surface area contributed by atoms with Crippen molar-refractivity contribution in [2.75, 3.05) is 0 Å². The molecule has 0 aliphatic carbocycles. The minimum Gasteiger partial charge on any atom is -0.265 e. The van der Waals surface area contributed by atoms with Crippen molar-refractivity contribution in [2.24, 2.45) is 4.99 Å². The molecule has 1 heterocycles. The molecule has 0 N–H and O–H groups in total. The van der Waals surface area contributed by atoms with Crippen molar-refractivity contribution in [1.29, 1.82) is 0 Å². The van der Waals surface area contributed by atoms with Crippen LogP contribution >= 0.6 is 0 Å². The quantitative estimate of drug-likeness (QED) is 0.475. The van der Waals surface area contributed by atoms with Crippen LogP contribution in [-0.4, -0.2) is 14.1 Å². The van der Waals surface area contributed by atoms with Gasteiger partial charge in [0, 0.05) is 12.4 Å². The van der Waals surface area contributed by atoms with Gasteiger partial charge >= 0.3 is 0 Å². The molecule has 2 heteroatoms. The van der Waals surface area contributed by atoms with Crippen LogP contribution in [0.1, 0.15) is 6.42 Å². The van der Waals surface area contributed by atoms with E-state index in [2.05, 4.69) is 11.6 Å². The normalized spacial score (nSPS) is 27.3. The fourth-order valence-corrected chi connectivity index (χ4v) is 0.786. The van der Waals surface area contributed by atoms with Crippen molar-refractivity contribution < 1.29 is 0 Å². The summed E-state index contributed by atoms with van der Waals surface area (Å²) < 4.78 is 0. The van der Waals surface area contributed by atoms with E-state index in [4.69, 9.17) is 7.85 Å². The second-order valence-electron chi connectivity index (χ2n) is 2.55. The van der Waals surface area contributed by atoms with Gasteiger partial charge in [0.2, 0.25) is 0 Å². The molecule has 1 rings (SSSR count). The van der Waals surface area contributed by atoms with E-state index in [9.17, 15) is 0 Å². The molecule has 0 unspecified atom stereocenters. The molecule has 0 aromatic carbocycles. The maximum absolute atomic E-state index is 5.61. The number of rotatable bonds is 0. The summed E-state index contributed by atoms with van der Waals surface area (Å²) in [6.45, 7) is 3.77. The van der Waals surface area contributed by atoms with Crippen molar-refractivity contribution in [1.82, 2.24) is 0 Å². The summed E-state index contributed by atoms with van der Waals surface area (Å²) in [6, 6.07) is 0. The first-order valence-electron chi connectivity index (χ1n) is 3.79. The Labute approximate surface area is 74.3 Å². The number of nitrogens with zero attached hydrogens (tertiary/aromatic N) is 1. The van der Waals surface area contributed by atoms with E-state index >= 15 is 0 Å². The molecular formula is C10H10BN. The Morgan fingerprint density at radius 1 is 1.42 bits per heavy atom. The fourth-order valence-electron chi connectivity index (χ4n) is 0.786. The van der Waals surface area contributed by atoms with E-state index in [0.29, 0.717) is 0 Å². The predicted molar refractivity (Wildman–Crippen MR) is 54.4 cm³/mol. The first kappa shape index (κ1) is 8.79. The summed E-state index contributed by atoms with van der Waals surface area (Å²) in [5.74, 6) is 0. The highest BCUT2D eigenvalue weighted by atomic mass is 14.7. The van der Waals surface area contributed by atoms with Crippen LogP contribution in [0.15, 0.2) is 53.1 Å². The van der Waals surface area contributed by atoms with Gasteiger partial charge in [-0.1, -0.05) is 36.4 Å². The molecule has 58 valence electrons. The Hall–Kier alpha value is -1.31. The fraction of sp³-hybridized carbons (Fsp3) is 0.100. The molecule has 0 bridgehead atoms. The number of aliphatic imine (C=N–C) groups is 1. The highest BCUT2D eigenvalue weighted by Gasteiger charge is 1.85. The van der Waals surface area contributed by atoms with Gasteiger partial charge in [-0.05, 0) is 12.0 Å². The van der Waals surface area contributed by atoms with Crippen molar-refractivity contribution >= 4 is 14.1 Å². The zero-order chi connectivity index (χ0) is 8.81. The minimum absolute atomic E-state index is 0.744. The highest BCUT2D eigenvalue weighted by Crippen LogP contribution is 2.00. The molecular weight excluding hydrogens is 145 g/mol. The van der Waals surface area contributed by atoms with Gasteiger partial charge in [0.15, 0.2) is 0 Å². The lowest BCUT2D eigenvalue weighted by Gasteiger charge is -1.94. The van der Waals surface area contributed by atoms with Gasteiger partial charge in [-0.15, -0.1) is 0 Å². The van der Waals surface area contributed by atoms with E-state index < -0.39 is 0 Å². The average Bonchev–Trinajstić information content (AvgIpc) is 2.04. The Morgan fingerprint density at radius 3 is 3.08 bits per heavy atom. The molecule has 0 saturated carbocycles. The van der Waals surface area contributed by atoms with Crippen LogP contribution in [0.5, 0.6) is 0 Å². The van der Waals surface area contributed by atoms with Gasteiger partial charge < -0.3 is 0 Å². The lowest BCUT2D eigenvalue weighted by atomic mass is 9.93. The maximum Gasteiger partial charge on any atom is 0.110 e. The molecule has 1 aliphatic rings. The molecule has 0 saturated heterocycles. The predicted octanol–water partition coefficient (Wildman–Crippen LogP) is 2.14. The SMILES string of the molecule is [B]/C1=C/N=CC(=C)/C=C\C=C/C1. The topological polar surface area (TPSA) is 12.4 Å².